The molecule has 5 heteroatoms. The van der Waals surface area contributed by atoms with Gasteiger partial charge in [-0.05, 0) is 36.3 Å². The van der Waals surface area contributed by atoms with E-state index in [1.165, 1.54) is 11.8 Å². The number of hydrogen-bond donors (Lipinski definition) is 0. The molecule has 4 nitrogen and oxygen atoms in total. The number of hydrogen-bond acceptors (Lipinski definition) is 3. The summed E-state index contributed by atoms with van der Waals surface area (Å²) < 4.78 is 15.4. The molecule has 0 amide bonds. The first-order valence-electron chi connectivity index (χ1n) is 8.65. The maximum Gasteiger partial charge on any atom is 0.210 e. The number of imidazole rings is 1. The van der Waals surface area contributed by atoms with Crippen LogP contribution in [0.4, 0.5) is 10.3 Å². The van der Waals surface area contributed by atoms with E-state index in [9.17, 15) is 4.39 Å². The van der Waals surface area contributed by atoms with Crippen molar-refractivity contribution in [2.45, 2.75) is 19.3 Å². The highest BCUT2D eigenvalue weighted by Gasteiger charge is 2.20. The van der Waals surface area contributed by atoms with Gasteiger partial charge in [0.1, 0.15) is 5.83 Å². The molecule has 0 saturated carbocycles. The van der Waals surface area contributed by atoms with Crippen molar-refractivity contribution in [1.29, 1.82) is 0 Å². The van der Waals surface area contributed by atoms with Crippen LogP contribution in [0.5, 0.6) is 0 Å². The molecule has 1 saturated heterocycles. The Morgan fingerprint density at radius 3 is 2.68 bits per heavy atom. The number of nitrogens with zero attached hydrogens (tertiary/aromatic N) is 4. The van der Waals surface area contributed by atoms with E-state index in [2.05, 4.69) is 26.7 Å². The third-order valence-electron chi connectivity index (χ3n) is 4.80. The van der Waals surface area contributed by atoms with Crippen molar-refractivity contribution >= 4 is 28.9 Å². The lowest BCUT2D eigenvalue weighted by molar-refractivity contribution is 0.659. The highest BCUT2D eigenvalue weighted by Crippen LogP contribution is 2.27. The fourth-order valence-corrected chi connectivity index (χ4v) is 3.37. The summed E-state index contributed by atoms with van der Waals surface area (Å²) in [5, 5.41) is 0. The van der Waals surface area contributed by atoms with E-state index in [4.69, 9.17) is 4.98 Å². The molecule has 2 heterocycles. The maximum atomic E-state index is 13.2. The molecule has 128 valence electrons. The Morgan fingerprint density at radius 2 is 1.96 bits per heavy atom. The van der Waals surface area contributed by atoms with Crippen molar-refractivity contribution in [2.75, 3.05) is 25.0 Å². The van der Waals surface area contributed by atoms with Gasteiger partial charge in [-0.1, -0.05) is 18.2 Å². The summed E-state index contributed by atoms with van der Waals surface area (Å²) in [6.45, 7) is 1.84. The van der Waals surface area contributed by atoms with Crippen LogP contribution in [0.1, 0.15) is 19.3 Å². The zero-order chi connectivity index (χ0) is 17.2. The normalized spacial score (nSPS) is 19.6. The summed E-state index contributed by atoms with van der Waals surface area (Å²) in [5.41, 5.74) is 4.39. The summed E-state index contributed by atoms with van der Waals surface area (Å²) in [7, 11) is 1.87. The molecule has 1 fully saturated rings. The number of para-hydroxylation sites is 2. The molecule has 1 aliphatic carbocycles. The predicted octanol–water partition coefficient (Wildman–Crippen LogP) is 4.36. The van der Waals surface area contributed by atoms with Crippen molar-refractivity contribution < 1.29 is 4.39 Å². The Morgan fingerprint density at radius 1 is 1.16 bits per heavy atom. The predicted molar refractivity (Wildman–Crippen MR) is 102 cm³/mol. The van der Waals surface area contributed by atoms with E-state index in [1.807, 2.05) is 31.3 Å². The molecule has 0 radical (unpaired) electrons. The summed E-state index contributed by atoms with van der Waals surface area (Å²) >= 11 is 0. The second-order valence-corrected chi connectivity index (χ2v) is 6.38. The van der Waals surface area contributed by atoms with Gasteiger partial charge in [0.25, 0.3) is 0 Å². The van der Waals surface area contributed by atoms with Crippen LogP contribution >= 0.6 is 0 Å². The van der Waals surface area contributed by atoms with Gasteiger partial charge in [-0.2, -0.15) is 0 Å². The molecule has 0 atom stereocenters. The number of halogens is 1. The average molecular weight is 336 g/mol. The maximum absolute atomic E-state index is 13.2. The van der Waals surface area contributed by atoms with Gasteiger partial charge in [0.15, 0.2) is 0 Å². The molecule has 2 aliphatic rings. The van der Waals surface area contributed by atoms with Crippen LogP contribution in [0.3, 0.4) is 0 Å². The zero-order valence-corrected chi connectivity index (χ0v) is 14.3. The number of aliphatic imine (C=N–C) groups is 1. The minimum absolute atomic E-state index is 0.171. The van der Waals surface area contributed by atoms with Gasteiger partial charge in [-0.3, -0.25) is 9.56 Å². The fourth-order valence-electron chi connectivity index (χ4n) is 3.37. The molecular weight excluding hydrogens is 315 g/mol. The molecule has 2 aromatic rings. The number of piperidine rings is 1. The number of aromatic nitrogens is 2. The Kier molecular flexibility index (Phi) is 4.22. The number of rotatable bonds is 2. The lowest BCUT2D eigenvalue weighted by Gasteiger charge is -2.28. The second kappa shape index (κ2) is 6.67. The van der Waals surface area contributed by atoms with Crippen molar-refractivity contribution in [3.63, 3.8) is 0 Å². The minimum Gasteiger partial charge on any atom is -0.341 e. The van der Waals surface area contributed by atoms with Crippen LogP contribution in [0, 0.1) is 0 Å². The van der Waals surface area contributed by atoms with E-state index in [-0.39, 0.29) is 5.83 Å². The van der Waals surface area contributed by atoms with Crippen molar-refractivity contribution in [3.8, 4) is 0 Å². The lowest BCUT2D eigenvalue weighted by atomic mass is 10.1. The third kappa shape index (κ3) is 3.14. The number of fused-ring (bicyclic) bond motifs is 1. The standard InChI is InChI=1S/C20H21FN4/c1-22-17-10-12-24(13-11-17)20-23-18-4-2-3-5-19(18)25(20)14-15-6-8-16(21)9-7-15/h2-6,8-9,14H,7,10-13H2,1H3/b15-14-. The summed E-state index contributed by atoms with van der Waals surface area (Å²) in [6, 6.07) is 8.14. The number of benzene rings is 1. The van der Waals surface area contributed by atoms with Gasteiger partial charge in [-0.25, -0.2) is 9.37 Å². The smallest absolute Gasteiger partial charge is 0.210 e. The summed E-state index contributed by atoms with van der Waals surface area (Å²) in [4.78, 5) is 11.5. The van der Waals surface area contributed by atoms with Crippen LogP contribution in [0.2, 0.25) is 0 Å². The number of anilines is 1. The van der Waals surface area contributed by atoms with Crippen molar-refractivity contribution in [2.24, 2.45) is 4.99 Å². The topological polar surface area (TPSA) is 33.4 Å². The molecular formula is C20H21FN4. The van der Waals surface area contributed by atoms with E-state index < -0.39 is 0 Å². The first kappa shape index (κ1) is 15.8. The Balaban J connectivity index is 1.74. The second-order valence-electron chi connectivity index (χ2n) is 6.38. The van der Waals surface area contributed by atoms with Crippen LogP contribution in [-0.2, 0) is 0 Å². The van der Waals surface area contributed by atoms with Gasteiger partial charge >= 0.3 is 0 Å². The molecule has 4 rings (SSSR count). The van der Waals surface area contributed by atoms with Crippen molar-refractivity contribution in [1.82, 2.24) is 9.55 Å². The summed E-state index contributed by atoms with van der Waals surface area (Å²) in [6.07, 6.45) is 9.59. The molecule has 0 bridgehead atoms. The molecule has 0 N–H and O–H groups in total. The van der Waals surface area contributed by atoms with Crippen LogP contribution in [-0.4, -0.2) is 35.4 Å². The molecule has 0 unspecified atom stereocenters. The quantitative estimate of drug-likeness (QED) is 0.816. The van der Waals surface area contributed by atoms with Gasteiger partial charge < -0.3 is 4.90 Å². The van der Waals surface area contributed by atoms with Crippen LogP contribution in [0.25, 0.3) is 17.2 Å². The van der Waals surface area contributed by atoms with E-state index in [1.54, 1.807) is 6.08 Å². The van der Waals surface area contributed by atoms with Gasteiger partial charge in [0.2, 0.25) is 5.95 Å². The Hall–Kier alpha value is -2.69. The SMILES string of the molecule is CN=C1CCN(c2nc3ccccc3n2/C=C2/C=CC(F)=CC2)CC1. The van der Waals surface area contributed by atoms with Gasteiger partial charge in [0.05, 0.1) is 11.0 Å². The first-order chi connectivity index (χ1) is 12.2. The van der Waals surface area contributed by atoms with Crippen LogP contribution in [0.15, 0.2) is 58.9 Å². The molecule has 1 aromatic carbocycles. The fraction of sp³-hybridized carbons (Fsp3) is 0.300. The van der Waals surface area contributed by atoms with E-state index in [0.717, 1.165) is 48.5 Å². The van der Waals surface area contributed by atoms with E-state index >= 15 is 0 Å². The molecule has 25 heavy (non-hydrogen) atoms. The number of allylic oxidation sites excluding steroid dienone is 5. The van der Waals surface area contributed by atoms with Gasteiger partial charge in [0, 0.05) is 44.9 Å². The third-order valence-corrected chi connectivity index (χ3v) is 4.80. The Bertz CT molecular complexity index is 907. The van der Waals surface area contributed by atoms with Crippen molar-refractivity contribution in [3.05, 3.63) is 53.9 Å². The highest BCUT2D eigenvalue weighted by molar-refractivity contribution is 5.87. The average Bonchev–Trinajstić information content (AvgIpc) is 3.02. The first-order valence-corrected chi connectivity index (χ1v) is 8.65. The Labute approximate surface area is 146 Å². The van der Waals surface area contributed by atoms with Gasteiger partial charge in [-0.15, -0.1) is 0 Å². The lowest BCUT2D eigenvalue weighted by Crippen LogP contribution is -2.35. The summed E-state index contributed by atoms with van der Waals surface area (Å²) in [5.74, 6) is 0.780. The highest BCUT2D eigenvalue weighted by atomic mass is 19.1. The van der Waals surface area contributed by atoms with Crippen LogP contribution < -0.4 is 4.90 Å². The molecule has 0 spiro atoms. The molecule has 1 aromatic heterocycles. The van der Waals surface area contributed by atoms with E-state index in [0.29, 0.717) is 6.42 Å². The minimum atomic E-state index is -0.171. The monoisotopic (exact) mass is 336 g/mol. The zero-order valence-electron chi connectivity index (χ0n) is 14.3. The largest absolute Gasteiger partial charge is 0.341 e. The molecule has 1 aliphatic heterocycles.